The summed E-state index contributed by atoms with van der Waals surface area (Å²) >= 11 is 0. The Morgan fingerprint density at radius 1 is 1.04 bits per heavy atom. The maximum atomic E-state index is 12.0. The number of hydrogen-bond acceptors (Lipinski definition) is 2. The van der Waals surface area contributed by atoms with E-state index in [9.17, 15) is 4.79 Å². The molecule has 2 aromatic carbocycles. The molecular formula is C22H27N3O. The highest BCUT2D eigenvalue weighted by molar-refractivity contribution is 5.83. The van der Waals surface area contributed by atoms with Crippen LogP contribution in [0.4, 0.5) is 5.69 Å². The highest BCUT2D eigenvalue weighted by atomic mass is 16.1. The molecule has 3 rings (SSSR count). The first-order chi connectivity index (χ1) is 12.6. The molecule has 1 heterocycles. The van der Waals surface area contributed by atoms with Crippen molar-refractivity contribution < 1.29 is 4.79 Å². The van der Waals surface area contributed by atoms with Gasteiger partial charge in [-0.15, -0.1) is 0 Å². The normalized spacial score (nSPS) is 11.0. The van der Waals surface area contributed by atoms with Gasteiger partial charge in [-0.25, -0.2) is 0 Å². The molecule has 0 aliphatic heterocycles. The van der Waals surface area contributed by atoms with Crippen molar-refractivity contribution in [1.82, 2.24) is 10.3 Å². The third kappa shape index (κ3) is 4.66. The minimum atomic E-state index is 0.0798. The molecule has 0 aliphatic carbocycles. The molecule has 1 aromatic heterocycles. The summed E-state index contributed by atoms with van der Waals surface area (Å²) in [6, 6.07) is 16.6. The zero-order valence-corrected chi connectivity index (χ0v) is 15.5. The Labute approximate surface area is 155 Å². The molecule has 0 spiro atoms. The van der Waals surface area contributed by atoms with Crippen LogP contribution in [0.25, 0.3) is 10.9 Å². The number of rotatable bonds is 8. The molecule has 0 radical (unpaired) electrons. The van der Waals surface area contributed by atoms with Crippen LogP contribution >= 0.6 is 0 Å². The van der Waals surface area contributed by atoms with E-state index in [-0.39, 0.29) is 5.91 Å². The van der Waals surface area contributed by atoms with E-state index in [0.29, 0.717) is 25.4 Å². The molecule has 136 valence electrons. The molecule has 0 aliphatic rings. The topological polar surface area (TPSA) is 56.9 Å². The Balaban J connectivity index is 1.38. The number of benzene rings is 2. The van der Waals surface area contributed by atoms with Gasteiger partial charge in [-0.1, -0.05) is 44.2 Å². The highest BCUT2D eigenvalue weighted by Crippen LogP contribution is 2.18. The maximum absolute atomic E-state index is 12.0. The fourth-order valence-corrected chi connectivity index (χ4v) is 3.07. The second-order valence-electron chi connectivity index (χ2n) is 6.91. The van der Waals surface area contributed by atoms with Gasteiger partial charge in [-0.05, 0) is 41.7 Å². The van der Waals surface area contributed by atoms with E-state index in [0.717, 1.165) is 17.6 Å². The Bertz CT molecular complexity index is 849. The van der Waals surface area contributed by atoms with Crippen LogP contribution in [0.2, 0.25) is 0 Å². The number of aromatic nitrogens is 1. The number of nitrogens with one attached hydrogen (secondary N) is 3. The largest absolute Gasteiger partial charge is 0.385 e. The predicted octanol–water partition coefficient (Wildman–Crippen LogP) is 4.45. The first kappa shape index (κ1) is 18.1. The molecule has 3 N–H and O–H groups in total. The van der Waals surface area contributed by atoms with Crippen molar-refractivity contribution >= 4 is 22.5 Å². The average Bonchev–Trinajstić information content (AvgIpc) is 3.05. The summed E-state index contributed by atoms with van der Waals surface area (Å²) in [4.78, 5) is 15.3. The summed E-state index contributed by atoms with van der Waals surface area (Å²) in [6.45, 7) is 5.66. The van der Waals surface area contributed by atoms with Gasteiger partial charge in [-0.3, -0.25) is 4.79 Å². The van der Waals surface area contributed by atoms with Gasteiger partial charge < -0.3 is 15.6 Å². The summed E-state index contributed by atoms with van der Waals surface area (Å²) in [7, 11) is 0. The lowest BCUT2D eigenvalue weighted by Crippen LogP contribution is -2.27. The maximum Gasteiger partial charge on any atom is 0.221 e. The van der Waals surface area contributed by atoms with Crippen molar-refractivity contribution in [3.8, 4) is 0 Å². The van der Waals surface area contributed by atoms with Crippen LogP contribution in [0.5, 0.6) is 0 Å². The van der Waals surface area contributed by atoms with Gasteiger partial charge >= 0.3 is 0 Å². The fourth-order valence-electron chi connectivity index (χ4n) is 3.07. The van der Waals surface area contributed by atoms with Crippen molar-refractivity contribution in [3.05, 3.63) is 65.9 Å². The Morgan fingerprint density at radius 2 is 1.81 bits per heavy atom. The van der Waals surface area contributed by atoms with Crippen LogP contribution in [0.15, 0.2) is 54.7 Å². The lowest BCUT2D eigenvalue weighted by Gasteiger charge is -2.09. The first-order valence-electron chi connectivity index (χ1n) is 9.29. The highest BCUT2D eigenvalue weighted by Gasteiger charge is 2.05. The second kappa shape index (κ2) is 8.56. The molecule has 0 fully saturated rings. The number of anilines is 1. The van der Waals surface area contributed by atoms with Crippen LogP contribution in [0.1, 0.15) is 37.3 Å². The molecule has 26 heavy (non-hydrogen) atoms. The smallest absolute Gasteiger partial charge is 0.221 e. The molecule has 0 unspecified atom stereocenters. The molecule has 3 aromatic rings. The number of carbonyl (C=O) groups is 1. The lowest BCUT2D eigenvalue weighted by atomic mass is 10.0. The minimum absolute atomic E-state index is 0.0798. The minimum Gasteiger partial charge on any atom is -0.385 e. The molecule has 4 nitrogen and oxygen atoms in total. The van der Waals surface area contributed by atoms with Crippen molar-refractivity contribution in [3.63, 3.8) is 0 Å². The fraction of sp³-hybridized carbons (Fsp3) is 0.318. The van der Waals surface area contributed by atoms with Crippen LogP contribution in [0.3, 0.4) is 0 Å². The number of amides is 1. The number of hydrogen-bond donors (Lipinski definition) is 3. The van der Waals surface area contributed by atoms with Crippen LogP contribution in [-0.4, -0.2) is 24.0 Å². The molecule has 0 bridgehead atoms. The van der Waals surface area contributed by atoms with Crippen LogP contribution in [0, 0.1) is 0 Å². The second-order valence-corrected chi connectivity index (χ2v) is 6.91. The standard InChI is InChI=1S/C22H27N3O/c1-16(2)17-7-9-19(10-8-17)23-14-12-22(26)24-13-11-18-15-25-21-6-4-3-5-20(18)21/h3-10,15-16,23,25H,11-14H2,1-2H3,(H,24,26). The van der Waals surface area contributed by atoms with Gasteiger partial charge in [0.05, 0.1) is 0 Å². The summed E-state index contributed by atoms with van der Waals surface area (Å²) in [5.74, 6) is 0.614. The van der Waals surface area contributed by atoms with E-state index in [4.69, 9.17) is 0 Å². The van der Waals surface area contributed by atoms with E-state index in [1.807, 2.05) is 18.3 Å². The molecule has 4 heteroatoms. The summed E-state index contributed by atoms with van der Waals surface area (Å²) in [5, 5.41) is 7.54. The summed E-state index contributed by atoms with van der Waals surface area (Å²) in [6.07, 6.45) is 3.33. The van der Waals surface area contributed by atoms with E-state index < -0.39 is 0 Å². The number of H-pyrrole nitrogens is 1. The van der Waals surface area contributed by atoms with E-state index in [1.165, 1.54) is 16.5 Å². The Morgan fingerprint density at radius 3 is 2.58 bits per heavy atom. The third-order valence-electron chi connectivity index (χ3n) is 4.65. The predicted molar refractivity (Wildman–Crippen MR) is 109 cm³/mol. The number of para-hydroxylation sites is 1. The quantitative estimate of drug-likeness (QED) is 0.563. The van der Waals surface area contributed by atoms with E-state index >= 15 is 0 Å². The molecular weight excluding hydrogens is 322 g/mol. The monoisotopic (exact) mass is 349 g/mol. The van der Waals surface area contributed by atoms with Crippen molar-refractivity contribution in [2.45, 2.75) is 32.6 Å². The van der Waals surface area contributed by atoms with Crippen LogP contribution in [-0.2, 0) is 11.2 Å². The Hall–Kier alpha value is -2.75. The van der Waals surface area contributed by atoms with Gasteiger partial charge in [0.1, 0.15) is 0 Å². The number of fused-ring (bicyclic) bond motifs is 1. The third-order valence-corrected chi connectivity index (χ3v) is 4.65. The summed E-state index contributed by atoms with van der Waals surface area (Å²) in [5.41, 5.74) is 4.76. The van der Waals surface area contributed by atoms with Gasteiger partial charge in [0.25, 0.3) is 0 Å². The van der Waals surface area contributed by atoms with Gasteiger partial charge in [0.15, 0.2) is 0 Å². The van der Waals surface area contributed by atoms with Gasteiger partial charge in [0, 0.05) is 42.3 Å². The SMILES string of the molecule is CC(C)c1ccc(NCCC(=O)NCCc2c[nH]c3ccccc23)cc1. The van der Waals surface area contributed by atoms with Gasteiger partial charge in [0.2, 0.25) is 5.91 Å². The summed E-state index contributed by atoms with van der Waals surface area (Å²) < 4.78 is 0. The average molecular weight is 349 g/mol. The van der Waals surface area contributed by atoms with Crippen LogP contribution < -0.4 is 10.6 Å². The number of aromatic amines is 1. The molecule has 0 saturated heterocycles. The lowest BCUT2D eigenvalue weighted by molar-refractivity contribution is -0.120. The zero-order chi connectivity index (χ0) is 18.4. The molecule has 0 saturated carbocycles. The number of carbonyl (C=O) groups excluding carboxylic acids is 1. The van der Waals surface area contributed by atoms with Crippen molar-refractivity contribution in [2.24, 2.45) is 0 Å². The molecule has 0 atom stereocenters. The van der Waals surface area contributed by atoms with Gasteiger partial charge in [-0.2, -0.15) is 0 Å². The van der Waals surface area contributed by atoms with E-state index in [1.54, 1.807) is 0 Å². The Kier molecular flexibility index (Phi) is 5.95. The molecule has 1 amide bonds. The zero-order valence-electron chi connectivity index (χ0n) is 15.5. The first-order valence-corrected chi connectivity index (χ1v) is 9.29. The van der Waals surface area contributed by atoms with Crippen molar-refractivity contribution in [2.75, 3.05) is 18.4 Å². The van der Waals surface area contributed by atoms with E-state index in [2.05, 4.69) is 65.9 Å². The van der Waals surface area contributed by atoms with Crippen molar-refractivity contribution in [1.29, 1.82) is 0 Å².